The van der Waals surface area contributed by atoms with Gasteiger partial charge in [-0.1, -0.05) is 0 Å². The highest BCUT2D eigenvalue weighted by molar-refractivity contribution is 5.98. The molecule has 0 spiro atoms. The van der Waals surface area contributed by atoms with E-state index in [9.17, 15) is 57.5 Å². The highest BCUT2D eigenvalue weighted by atomic mass is 16.4. The first-order chi connectivity index (χ1) is 27.7. The average Bonchev–Trinajstić information content (AvgIpc) is 3.10. The monoisotopic (exact) mass is 876 g/mol. The Morgan fingerprint density at radius 3 is 0.683 bits per heavy atom. The van der Waals surface area contributed by atoms with E-state index in [1.165, 1.54) is 0 Å². The molecular formula is C30H48N6O24. The highest BCUT2D eigenvalue weighted by Crippen LogP contribution is 2.00. The lowest BCUT2D eigenvalue weighted by Crippen LogP contribution is -2.49. The fourth-order valence-electron chi connectivity index (χ4n) is 3.98. The van der Waals surface area contributed by atoms with Crippen molar-refractivity contribution in [2.45, 2.75) is 74.8 Å². The maximum atomic E-state index is 10.9. The zero-order valence-electron chi connectivity index (χ0n) is 31.2. The molecule has 4 unspecified atom stereocenters. The Morgan fingerprint density at radius 2 is 0.500 bits per heavy atom. The summed E-state index contributed by atoms with van der Waals surface area (Å²) in [6, 6.07) is -8.34. The molecule has 0 aliphatic rings. The average molecular weight is 877 g/mol. The van der Waals surface area contributed by atoms with Gasteiger partial charge >= 0.3 is 71.6 Å². The van der Waals surface area contributed by atoms with Gasteiger partial charge in [0.2, 0.25) is 12.1 Å². The number of rotatable bonds is 33. The van der Waals surface area contributed by atoms with Crippen molar-refractivity contribution in [2.75, 3.05) is 39.3 Å². The second kappa shape index (κ2) is 32.4. The molecule has 0 aliphatic carbocycles. The molecule has 0 aromatic carbocycles. The Morgan fingerprint density at radius 1 is 0.283 bits per heavy atom. The lowest BCUT2D eigenvalue weighted by Gasteiger charge is -2.16. The van der Waals surface area contributed by atoms with E-state index in [-0.39, 0.29) is 65.0 Å². The fourth-order valence-corrected chi connectivity index (χ4v) is 3.98. The minimum Gasteiger partial charge on any atom is -0.481 e. The predicted molar refractivity (Wildman–Crippen MR) is 190 cm³/mol. The number of nitrogens with one attached hydrogen (secondary N) is 6. The van der Waals surface area contributed by atoms with Gasteiger partial charge in [0.15, 0.2) is 0 Å². The zero-order chi connectivity index (χ0) is 47.1. The number of carboxylic acid groups (broad SMARTS) is 12. The van der Waals surface area contributed by atoms with Gasteiger partial charge in [-0.3, -0.25) is 49.0 Å². The number of hydrogen-bond acceptors (Lipinski definition) is 18. The molecule has 0 saturated heterocycles. The van der Waals surface area contributed by atoms with Crippen LogP contribution in [0.4, 0.5) is 0 Å². The van der Waals surface area contributed by atoms with Crippen LogP contribution in [-0.4, -0.2) is 208 Å². The van der Waals surface area contributed by atoms with E-state index in [1.54, 1.807) is 0 Å². The minimum absolute atomic E-state index is 0.0202. The van der Waals surface area contributed by atoms with Gasteiger partial charge in [0.1, 0.15) is 24.2 Å². The van der Waals surface area contributed by atoms with Crippen molar-refractivity contribution in [1.82, 2.24) is 31.9 Å². The van der Waals surface area contributed by atoms with E-state index in [4.69, 9.17) is 61.3 Å². The molecular weight excluding hydrogens is 828 g/mol. The molecule has 0 bridgehead atoms. The summed E-state index contributed by atoms with van der Waals surface area (Å²) in [6.45, 7) is -0.275. The summed E-state index contributed by atoms with van der Waals surface area (Å²) in [5.74, 6) is -16.3. The van der Waals surface area contributed by atoms with E-state index in [0.29, 0.717) is 0 Å². The first kappa shape index (κ1) is 57.7. The molecule has 0 rings (SSSR count). The van der Waals surface area contributed by atoms with Crippen LogP contribution in [0.3, 0.4) is 0 Å². The normalized spacial score (nSPS) is 12.5. The van der Waals surface area contributed by atoms with Crippen LogP contribution in [0.25, 0.3) is 0 Å². The SMILES string of the molecule is O=C(O)C(NCCNC(C(=O)O)C(=O)O)C(=O)O.O=C(O)CC(NCCNC(CC(=O)O)C(=O)O)C(=O)O.O=C(O)CCC(NCCNC(CCC(=O)O)C(=O)O)C(=O)O. The standard InChI is InChI=1S/C12H20N2O8.C10H16N2O8.C8H12N2O8/c15-9(16)3-1-7(11(19)20)13-5-6-14-8(12(21)22)2-4-10(17)18;13-7(14)3-5(9(17)18)11-1-2-12-6(10(19)20)4-8(15)16;11-5(12)3(6(13)14)9-1-2-10-4(7(15)16)8(17)18/h7-8,13-14H,1-6H2,(H,15,16)(H,17,18)(H,19,20)(H,21,22);5-6,11-12H,1-4H2,(H,13,14)(H,15,16)(H,17,18)(H,19,20);3-4,9-10H,1-2H2,(H,11,12)(H,13,14)(H,15,16)(H,17,18). The van der Waals surface area contributed by atoms with Crippen LogP contribution in [0.15, 0.2) is 0 Å². The number of carboxylic acids is 12. The summed E-state index contributed by atoms with van der Waals surface area (Å²) >= 11 is 0. The van der Waals surface area contributed by atoms with Crippen LogP contribution in [0.5, 0.6) is 0 Å². The third-order valence-electron chi connectivity index (χ3n) is 6.87. The Hall–Kier alpha value is -6.60. The molecule has 18 N–H and O–H groups in total. The summed E-state index contributed by atoms with van der Waals surface area (Å²) in [7, 11) is 0. The topological polar surface area (TPSA) is 520 Å². The molecule has 0 aromatic rings. The predicted octanol–water partition coefficient (Wildman–Crippen LogP) is -5.94. The Balaban J connectivity index is -0.000000816. The molecule has 0 radical (unpaired) electrons. The van der Waals surface area contributed by atoms with E-state index >= 15 is 0 Å². The van der Waals surface area contributed by atoms with Gasteiger partial charge in [-0.05, 0) is 12.8 Å². The summed E-state index contributed by atoms with van der Waals surface area (Å²) in [4.78, 5) is 127. The first-order valence-corrected chi connectivity index (χ1v) is 16.8. The molecule has 0 heterocycles. The maximum Gasteiger partial charge on any atom is 0.332 e. The number of hydrogen-bond donors (Lipinski definition) is 18. The molecule has 30 nitrogen and oxygen atoms in total. The summed E-state index contributed by atoms with van der Waals surface area (Å²) in [6.07, 6.45) is -2.01. The maximum absolute atomic E-state index is 10.9. The second-order valence-corrected chi connectivity index (χ2v) is 11.6. The van der Waals surface area contributed by atoms with Crippen LogP contribution in [0, 0.1) is 0 Å². The third kappa shape index (κ3) is 31.5. The van der Waals surface area contributed by atoms with E-state index in [1.807, 2.05) is 0 Å². The number of aliphatic carboxylic acids is 12. The molecule has 4 atom stereocenters. The van der Waals surface area contributed by atoms with Gasteiger partial charge < -0.3 is 82.5 Å². The van der Waals surface area contributed by atoms with Crippen molar-refractivity contribution in [3.63, 3.8) is 0 Å². The quantitative estimate of drug-likeness (QED) is 0.0216. The van der Waals surface area contributed by atoms with E-state index in [0.717, 1.165) is 0 Å². The van der Waals surface area contributed by atoms with Gasteiger partial charge in [-0.15, -0.1) is 0 Å². The van der Waals surface area contributed by atoms with Gasteiger partial charge in [0, 0.05) is 52.1 Å². The molecule has 0 aromatic heterocycles. The van der Waals surface area contributed by atoms with Crippen LogP contribution in [0.2, 0.25) is 0 Å². The molecule has 0 aliphatic heterocycles. The minimum atomic E-state index is -1.83. The molecule has 60 heavy (non-hydrogen) atoms. The van der Waals surface area contributed by atoms with Crippen molar-refractivity contribution in [1.29, 1.82) is 0 Å². The first-order valence-electron chi connectivity index (χ1n) is 16.8. The molecule has 30 heteroatoms. The second-order valence-electron chi connectivity index (χ2n) is 11.6. The fraction of sp³-hybridized carbons (Fsp3) is 0.600. The van der Waals surface area contributed by atoms with Crippen LogP contribution >= 0.6 is 0 Å². The van der Waals surface area contributed by atoms with Gasteiger partial charge in [-0.2, -0.15) is 0 Å². The van der Waals surface area contributed by atoms with Gasteiger partial charge in [0.25, 0.3) is 0 Å². The molecule has 0 fully saturated rings. The van der Waals surface area contributed by atoms with Gasteiger partial charge in [0.05, 0.1) is 12.8 Å². The van der Waals surface area contributed by atoms with Crippen LogP contribution in [0.1, 0.15) is 38.5 Å². The Kier molecular flexibility index (Phi) is 31.1. The Bertz CT molecular complexity index is 1360. The molecule has 0 amide bonds. The van der Waals surface area contributed by atoms with E-state index < -0.39 is 121 Å². The lowest BCUT2D eigenvalue weighted by molar-refractivity contribution is -0.153. The number of carbonyl (C=O) groups is 12. The summed E-state index contributed by atoms with van der Waals surface area (Å²) < 4.78 is 0. The highest BCUT2D eigenvalue weighted by Gasteiger charge is 2.27. The molecule has 342 valence electrons. The largest absolute Gasteiger partial charge is 0.481 e. The summed E-state index contributed by atoms with van der Waals surface area (Å²) in [5.41, 5.74) is 0. The third-order valence-corrected chi connectivity index (χ3v) is 6.87. The van der Waals surface area contributed by atoms with Crippen molar-refractivity contribution in [2.24, 2.45) is 0 Å². The van der Waals surface area contributed by atoms with Crippen LogP contribution < -0.4 is 31.9 Å². The van der Waals surface area contributed by atoms with Crippen molar-refractivity contribution in [3.8, 4) is 0 Å². The van der Waals surface area contributed by atoms with E-state index in [2.05, 4.69) is 31.9 Å². The van der Waals surface area contributed by atoms with Gasteiger partial charge in [-0.25, -0.2) is 19.2 Å². The van der Waals surface area contributed by atoms with Crippen LogP contribution in [-0.2, 0) is 57.5 Å². The lowest BCUT2D eigenvalue weighted by atomic mass is 10.1. The van der Waals surface area contributed by atoms with Crippen molar-refractivity contribution < 1.29 is 119 Å². The summed E-state index contributed by atoms with van der Waals surface area (Å²) in [5, 5.41) is 117. The molecule has 0 saturated carbocycles. The van der Waals surface area contributed by atoms with Crippen molar-refractivity contribution in [3.05, 3.63) is 0 Å². The smallest absolute Gasteiger partial charge is 0.332 e. The Labute approximate surface area is 336 Å². The zero-order valence-corrected chi connectivity index (χ0v) is 31.2. The van der Waals surface area contributed by atoms with Crippen molar-refractivity contribution >= 4 is 71.6 Å².